The number of allylic oxidation sites excluding steroid dienone is 12. The van der Waals surface area contributed by atoms with Gasteiger partial charge >= 0.3 is 0 Å². The lowest BCUT2D eigenvalue weighted by molar-refractivity contribution is 0.604. The van der Waals surface area contributed by atoms with Gasteiger partial charge in [0, 0.05) is 11.8 Å². The van der Waals surface area contributed by atoms with Crippen molar-refractivity contribution in [2.75, 3.05) is 0 Å². The summed E-state index contributed by atoms with van der Waals surface area (Å²) in [5.41, 5.74) is 17.9. The molecule has 0 radical (unpaired) electrons. The second-order valence-electron chi connectivity index (χ2n) is 15.0. The summed E-state index contributed by atoms with van der Waals surface area (Å²) in [5.74, 6) is 1.14. The molecule has 4 aromatic carbocycles. The Balaban J connectivity index is 1.29. The molecule has 0 fully saturated rings. The first-order valence-corrected chi connectivity index (χ1v) is 19.3. The van der Waals surface area contributed by atoms with Gasteiger partial charge in [0.15, 0.2) is 0 Å². The van der Waals surface area contributed by atoms with Crippen LogP contribution in [0.1, 0.15) is 75.4 Å². The van der Waals surface area contributed by atoms with Crippen molar-refractivity contribution in [2.24, 2.45) is 17.8 Å². The van der Waals surface area contributed by atoms with Crippen LogP contribution in [0.15, 0.2) is 156 Å². The Morgan fingerprint density at radius 3 is 1.60 bits per heavy atom. The van der Waals surface area contributed by atoms with Gasteiger partial charge in [0.05, 0.1) is 0 Å². The largest absolute Gasteiger partial charge is 0.0773 e. The lowest BCUT2D eigenvalue weighted by atomic mass is 9.76. The third-order valence-corrected chi connectivity index (χ3v) is 11.4. The average Bonchev–Trinajstić information content (AvgIpc) is 3.15. The van der Waals surface area contributed by atoms with Gasteiger partial charge in [-0.2, -0.15) is 0 Å². The van der Waals surface area contributed by atoms with Gasteiger partial charge < -0.3 is 0 Å². The van der Waals surface area contributed by atoms with E-state index in [9.17, 15) is 0 Å². The van der Waals surface area contributed by atoms with E-state index < -0.39 is 0 Å². The molecule has 4 bridgehead atoms. The van der Waals surface area contributed by atoms with E-state index in [4.69, 9.17) is 0 Å². The topological polar surface area (TPSA) is 0 Å². The van der Waals surface area contributed by atoms with Crippen molar-refractivity contribution in [3.05, 3.63) is 212 Å². The van der Waals surface area contributed by atoms with Crippen LogP contribution in [0.2, 0.25) is 0 Å². The van der Waals surface area contributed by atoms with Crippen LogP contribution in [-0.2, 0) is 19.3 Å². The van der Waals surface area contributed by atoms with Crippen LogP contribution in [0.5, 0.6) is 0 Å². The standard InChI is InChI=1S/C52H52/c1-37-13-5-9-17-41(37)21-25-45-33-50-31-32-52-36-47(27-23-43-19-11-7-15-39(43)3)51(35-48(52)28-24-44-20-12-8-16-40(44)4)30-29-49(45)34-46(50)26-22-42-18-10-6-14-38(42)2/h5-27,33-36,40,49-50H,28-32H2,1-4H3/b25-21+,26-22-,27-23-,44-24-. The van der Waals surface area contributed by atoms with Gasteiger partial charge in [-0.1, -0.05) is 171 Å². The zero-order valence-corrected chi connectivity index (χ0v) is 31.4. The van der Waals surface area contributed by atoms with E-state index in [0.717, 1.165) is 32.1 Å². The Hall–Kier alpha value is -5.20. The summed E-state index contributed by atoms with van der Waals surface area (Å²) in [6, 6.07) is 31.2. The highest BCUT2D eigenvalue weighted by atomic mass is 14.3. The van der Waals surface area contributed by atoms with Gasteiger partial charge in [0.2, 0.25) is 0 Å². The number of rotatable bonds is 8. The van der Waals surface area contributed by atoms with Crippen LogP contribution >= 0.6 is 0 Å². The minimum atomic E-state index is 0.339. The number of aryl methyl sites for hydroxylation is 5. The molecule has 0 heteroatoms. The molecular weight excluding hydrogens is 625 g/mol. The van der Waals surface area contributed by atoms with Crippen LogP contribution in [0.25, 0.3) is 24.3 Å². The highest BCUT2D eigenvalue weighted by Gasteiger charge is 2.24. The molecule has 0 heterocycles. The van der Waals surface area contributed by atoms with Gasteiger partial charge in [0.25, 0.3) is 0 Å². The first-order chi connectivity index (χ1) is 25.4. The van der Waals surface area contributed by atoms with Crippen molar-refractivity contribution in [3.8, 4) is 0 Å². The molecule has 3 atom stereocenters. The van der Waals surface area contributed by atoms with E-state index >= 15 is 0 Å². The molecule has 260 valence electrons. The second kappa shape index (κ2) is 16.4. The summed E-state index contributed by atoms with van der Waals surface area (Å²) in [5, 5.41) is 0. The highest BCUT2D eigenvalue weighted by molar-refractivity contribution is 5.73. The van der Waals surface area contributed by atoms with Crippen LogP contribution in [0.3, 0.4) is 0 Å². The zero-order chi connectivity index (χ0) is 35.9. The average molecular weight is 677 g/mol. The van der Waals surface area contributed by atoms with Crippen LogP contribution in [-0.4, -0.2) is 0 Å². The van der Waals surface area contributed by atoms with Crippen molar-refractivity contribution in [1.29, 1.82) is 0 Å². The van der Waals surface area contributed by atoms with Crippen molar-refractivity contribution in [2.45, 2.75) is 59.8 Å². The molecule has 10 rings (SSSR count). The maximum absolute atomic E-state index is 2.60. The molecule has 52 heavy (non-hydrogen) atoms. The van der Waals surface area contributed by atoms with Gasteiger partial charge in [0.1, 0.15) is 0 Å². The molecule has 0 nitrogen and oxygen atoms in total. The van der Waals surface area contributed by atoms with Crippen LogP contribution < -0.4 is 0 Å². The Bertz CT molecular complexity index is 2170. The van der Waals surface area contributed by atoms with E-state index in [0.29, 0.717) is 17.8 Å². The summed E-state index contributed by atoms with van der Waals surface area (Å²) < 4.78 is 0. The normalized spacial score (nSPS) is 20.9. The smallest absolute Gasteiger partial charge is 0.00242 e. The Morgan fingerprint density at radius 1 is 0.558 bits per heavy atom. The summed E-state index contributed by atoms with van der Waals surface area (Å²) in [6.45, 7) is 8.93. The quantitative estimate of drug-likeness (QED) is 0.163. The molecule has 0 spiro atoms. The minimum absolute atomic E-state index is 0.339. The molecule has 4 aromatic rings. The van der Waals surface area contributed by atoms with Gasteiger partial charge in [-0.15, -0.1) is 0 Å². The van der Waals surface area contributed by atoms with Crippen LogP contribution in [0, 0.1) is 38.5 Å². The van der Waals surface area contributed by atoms with Crippen molar-refractivity contribution in [1.82, 2.24) is 0 Å². The summed E-state index contributed by atoms with van der Waals surface area (Å²) in [7, 11) is 0. The highest BCUT2D eigenvalue weighted by Crippen LogP contribution is 2.38. The van der Waals surface area contributed by atoms with Crippen molar-refractivity contribution < 1.29 is 0 Å². The second-order valence-corrected chi connectivity index (χ2v) is 15.0. The molecule has 3 unspecified atom stereocenters. The van der Waals surface area contributed by atoms with E-state index in [2.05, 4.69) is 192 Å². The van der Waals surface area contributed by atoms with E-state index in [1.165, 1.54) is 72.4 Å². The molecule has 6 aliphatic rings. The van der Waals surface area contributed by atoms with E-state index in [-0.39, 0.29) is 0 Å². The fourth-order valence-electron chi connectivity index (χ4n) is 7.95. The predicted molar refractivity (Wildman–Crippen MR) is 226 cm³/mol. The Kier molecular flexibility index (Phi) is 11.1. The van der Waals surface area contributed by atoms with Gasteiger partial charge in [-0.25, -0.2) is 0 Å². The fraction of sp³-hybridized carbons (Fsp3) is 0.231. The number of hydrogen-bond donors (Lipinski definition) is 0. The number of hydrogen-bond acceptors (Lipinski definition) is 0. The third kappa shape index (κ3) is 8.46. The first-order valence-electron chi connectivity index (χ1n) is 19.3. The zero-order valence-electron chi connectivity index (χ0n) is 31.4. The fourth-order valence-corrected chi connectivity index (χ4v) is 7.95. The van der Waals surface area contributed by atoms with Crippen molar-refractivity contribution >= 4 is 24.3 Å². The first kappa shape index (κ1) is 35.2. The molecular formula is C52H52. The maximum Gasteiger partial charge on any atom is 0.00242 e. The minimum Gasteiger partial charge on any atom is -0.0773 e. The molecule has 0 aromatic heterocycles. The monoisotopic (exact) mass is 676 g/mol. The molecule has 0 N–H and O–H groups in total. The SMILES string of the molecule is Cc1ccccc1/C=C\C1=CC2CCc3cc(C/C=C4/C=CC=CC4C)c(cc3/C=C\c3ccccc3C)CCC1C=C2/C=C/c1ccccc1C. The molecule has 0 aliphatic heterocycles. The summed E-state index contributed by atoms with van der Waals surface area (Å²) in [6.07, 6.45) is 36.0. The van der Waals surface area contributed by atoms with Crippen molar-refractivity contribution in [3.63, 3.8) is 0 Å². The van der Waals surface area contributed by atoms with E-state index in [1.807, 2.05) is 0 Å². The molecule has 0 amide bonds. The molecule has 0 saturated carbocycles. The predicted octanol–water partition coefficient (Wildman–Crippen LogP) is 13.4. The number of benzene rings is 4. The third-order valence-electron chi connectivity index (χ3n) is 11.4. The lowest BCUT2D eigenvalue weighted by Crippen LogP contribution is -2.16. The van der Waals surface area contributed by atoms with E-state index in [1.54, 1.807) is 0 Å². The summed E-state index contributed by atoms with van der Waals surface area (Å²) >= 11 is 0. The van der Waals surface area contributed by atoms with Gasteiger partial charge in [-0.3, -0.25) is 0 Å². The summed E-state index contributed by atoms with van der Waals surface area (Å²) in [4.78, 5) is 0. The molecule has 0 saturated heterocycles. The van der Waals surface area contributed by atoms with Crippen LogP contribution in [0.4, 0.5) is 0 Å². The molecule has 6 aliphatic carbocycles. The van der Waals surface area contributed by atoms with Gasteiger partial charge in [-0.05, 0) is 131 Å². The lowest BCUT2D eigenvalue weighted by Gasteiger charge is -2.29. The Morgan fingerprint density at radius 2 is 1.06 bits per heavy atom. The Labute approximate surface area is 312 Å². The maximum atomic E-state index is 2.60.